The van der Waals surface area contributed by atoms with Crippen LogP contribution in [0, 0.1) is 39.0 Å². The van der Waals surface area contributed by atoms with Gasteiger partial charge in [0.15, 0.2) is 0 Å². The number of aromatic nitrogens is 1. The lowest BCUT2D eigenvalue weighted by molar-refractivity contribution is 0.729. The van der Waals surface area contributed by atoms with Gasteiger partial charge >= 0.3 is 0 Å². The SMILES string of the molecule is Cc1ccc2c(c1)C(c1ccccc1)(c1ccccc1)c1cc(C)ccc1N2c1ccncc1-c1cc(C#N)ccc1N1c2ccc(C)cc2C(c2ccccc2)(c2ccccc2)c2cc(C)ccc21. The van der Waals surface area contributed by atoms with Crippen LogP contribution >= 0.6 is 0 Å². The number of fused-ring (bicyclic) bond motifs is 4. The molecule has 0 aliphatic carbocycles. The van der Waals surface area contributed by atoms with E-state index < -0.39 is 10.8 Å². The maximum absolute atomic E-state index is 10.7. The van der Waals surface area contributed by atoms with Crippen LogP contribution in [0.15, 0.2) is 231 Å². The van der Waals surface area contributed by atoms with Crippen LogP contribution in [-0.2, 0) is 10.8 Å². The van der Waals surface area contributed by atoms with Gasteiger partial charge in [-0.05, 0) is 121 Å². The highest BCUT2D eigenvalue weighted by Gasteiger charge is 2.49. The van der Waals surface area contributed by atoms with Crippen LogP contribution in [0.1, 0.15) is 72.3 Å². The van der Waals surface area contributed by atoms with Gasteiger partial charge in [-0.3, -0.25) is 4.98 Å². The summed E-state index contributed by atoms with van der Waals surface area (Å²) in [5.41, 5.74) is 21.6. The van der Waals surface area contributed by atoms with Crippen molar-refractivity contribution in [3.8, 4) is 17.2 Å². The maximum Gasteiger partial charge on any atom is 0.0991 e. The van der Waals surface area contributed by atoms with Crippen molar-refractivity contribution < 1.29 is 0 Å². The predicted molar refractivity (Wildman–Crippen MR) is 286 cm³/mol. The van der Waals surface area contributed by atoms with Crippen LogP contribution in [0.5, 0.6) is 0 Å². The Morgan fingerprint density at radius 2 is 0.686 bits per heavy atom. The van der Waals surface area contributed by atoms with Gasteiger partial charge < -0.3 is 9.80 Å². The highest BCUT2D eigenvalue weighted by Crippen LogP contribution is 2.62. The fourth-order valence-electron chi connectivity index (χ4n) is 11.8. The highest BCUT2D eigenvalue weighted by atomic mass is 15.2. The van der Waals surface area contributed by atoms with E-state index in [-0.39, 0.29) is 0 Å². The fourth-order valence-corrected chi connectivity index (χ4v) is 11.8. The summed E-state index contributed by atoms with van der Waals surface area (Å²) in [5.74, 6) is 0. The average molecular weight is 899 g/mol. The zero-order chi connectivity index (χ0) is 47.6. The Balaban J connectivity index is 1.15. The van der Waals surface area contributed by atoms with E-state index in [4.69, 9.17) is 4.98 Å². The first kappa shape index (κ1) is 42.6. The molecule has 0 atom stereocenters. The van der Waals surface area contributed by atoms with Crippen molar-refractivity contribution in [3.63, 3.8) is 0 Å². The van der Waals surface area contributed by atoms with E-state index in [1.807, 2.05) is 18.5 Å². The molecule has 70 heavy (non-hydrogen) atoms. The highest BCUT2D eigenvalue weighted by molar-refractivity contribution is 6.00. The van der Waals surface area contributed by atoms with Crippen molar-refractivity contribution in [2.75, 3.05) is 9.80 Å². The second-order valence-corrected chi connectivity index (χ2v) is 19.0. The zero-order valence-corrected chi connectivity index (χ0v) is 39.7. The summed E-state index contributed by atoms with van der Waals surface area (Å²) in [6.07, 6.45) is 3.89. The Labute approximate surface area is 411 Å². The van der Waals surface area contributed by atoms with Crippen LogP contribution in [-0.4, -0.2) is 4.98 Å². The van der Waals surface area contributed by atoms with Crippen LogP contribution in [0.25, 0.3) is 11.1 Å². The van der Waals surface area contributed by atoms with Crippen LogP contribution in [0.2, 0.25) is 0 Å². The van der Waals surface area contributed by atoms with Gasteiger partial charge in [0, 0.05) is 23.5 Å². The minimum absolute atomic E-state index is 0.569. The van der Waals surface area contributed by atoms with Gasteiger partial charge in [0.1, 0.15) is 0 Å². The number of hydrogen-bond acceptors (Lipinski definition) is 4. The standard InChI is InChI=1S/C66H50N4/c1-44-25-30-61-55(37-44)65(49-17-9-5-10-18-49,50-19-11-6-12-20-50)56-38-45(2)26-31-62(56)69(61)59-34-29-48(42-67)41-53(59)54-43-68-36-35-60(54)70-63-32-27-46(3)39-57(63)66(51-21-13-7-14-22-51,52-23-15-8-16-24-52)58-40-47(4)28-33-64(58)70/h5-41,43H,1-4H3. The molecule has 334 valence electrons. The molecule has 0 amide bonds. The second-order valence-electron chi connectivity index (χ2n) is 19.0. The molecule has 0 spiro atoms. The molecule has 2 aliphatic heterocycles. The molecule has 0 saturated heterocycles. The molecule has 10 aromatic rings. The second kappa shape index (κ2) is 16.8. The summed E-state index contributed by atoms with van der Waals surface area (Å²) in [6.45, 7) is 8.76. The third kappa shape index (κ3) is 6.39. The topological polar surface area (TPSA) is 43.2 Å². The van der Waals surface area contributed by atoms with E-state index in [1.54, 1.807) is 0 Å². The maximum atomic E-state index is 10.7. The van der Waals surface area contributed by atoms with Crippen LogP contribution in [0.4, 0.5) is 34.1 Å². The first-order valence-electron chi connectivity index (χ1n) is 24.1. The molecule has 3 heterocycles. The Bertz CT molecular complexity index is 3480. The number of aryl methyl sites for hydroxylation is 4. The average Bonchev–Trinajstić information content (AvgIpc) is 3.41. The quantitative estimate of drug-likeness (QED) is 0.160. The first-order chi connectivity index (χ1) is 34.3. The van der Waals surface area contributed by atoms with Crippen molar-refractivity contribution in [1.29, 1.82) is 5.26 Å². The normalized spacial score (nSPS) is 13.9. The lowest BCUT2D eigenvalue weighted by Gasteiger charge is -2.47. The van der Waals surface area contributed by atoms with Gasteiger partial charge in [0.05, 0.1) is 56.6 Å². The molecule has 2 aliphatic rings. The van der Waals surface area contributed by atoms with Gasteiger partial charge in [0.25, 0.3) is 0 Å². The molecule has 0 unspecified atom stereocenters. The van der Waals surface area contributed by atoms with Crippen molar-refractivity contribution in [2.24, 2.45) is 0 Å². The number of anilines is 6. The summed E-state index contributed by atoms with van der Waals surface area (Å²) < 4.78 is 0. The van der Waals surface area contributed by atoms with E-state index in [1.165, 1.54) is 66.8 Å². The van der Waals surface area contributed by atoms with E-state index >= 15 is 0 Å². The molecule has 0 bridgehead atoms. The third-order valence-electron chi connectivity index (χ3n) is 14.7. The predicted octanol–water partition coefficient (Wildman–Crippen LogP) is 16.2. The van der Waals surface area contributed by atoms with E-state index in [9.17, 15) is 5.26 Å². The lowest BCUT2D eigenvalue weighted by atomic mass is 9.62. The van der Waals surface area contributed by atoms with Gasteiger partial charge in [-0.25, -0.2) is 0 Å². The molecule has 12 rings (SSSR count). The molecular formula is C66H50N4. The third-order valence-corrected chi connectivity index (χ3v) is 14.7. The van der Waals surface area contributed by atoms with Gasteiger partial charge in [0.2, 0.25) is 0 Å². The van der Waals surface area contributed by atoms with Gasteiger partial charge in [-0.1, -0.05) is 192 Å². The largest absolute Gasteiger partial charge is 0.309 e. The van der Waals surface area contributed by atoms with Crippen molar-refractivity contribution in [3.05, 3.63) is 303 Å². The monoisotopic (exact) mass is 898 g/mol. The van der Waals surface area contributed by atoms with Gasteiger partial charge in [-0.15, -0.1) is 0 Å². The summed E-state index contributed by atoms with van der Waals surface area (Å²) >= 11 is 0. The number of nitrogens with zero attached hydrogens (tertiary/aromatic N) is 4. The number of pyridine rings is 1. The minimum atomic E-state index is -0.643. The molecule has 0 N–H and O–H groups in total. The Hall–Kier alpha value is -8.78. The van der Waals surface area contributed by atoms with Crippen molar-refractivity contribution in [2.45, 2.75) is 38.5 Å². The molecule has 0 saturated carbocycles. The lowest BCUT2D eigenvalue weighted by Crippen LogP contribution is -2.38. The summed E-state index contributed by atoms with van der Waals surface area (Å²) in [5, 5.41) is 10.7. The summed E-state index contributed by atoms with van der Waals surface area (Å²) in [4.78, 5) is 9.78. The summed E-state index contributed by atoms with van der Waals surface area (Å²) in [7, 11) is 0. The number of benzene rings is 9. The van der Waals surface area contributed by atoms with Crippen molar-refractivity contribution in [1.82, 2.24) is 4.98 Å². The number of nitriles is 1. The molecule has 0 fully saturated rings. The van der Waals surface area contributed by atoms with Crippen LogP contribution in [0.3, 0.4) is 0 Å². The summed E-state index contributed by atoms with van der Waals surface area (Å²) in [6, 6.07) is 82.3. The van der Waals surface area contributed by atoms with E-state index in [0.717, 1.165) is 45.3 Å². The Morgan fingerprint density at radius 3 is 1.03 bits per heavy atom. The molecule has 4 heteroatoms. The fraction of sp³-hybridized carbons (Fsp3) is 0.0909. The number of rotatable bonds is 7. The Kier molecular flexibility index (Phi) is 10.2. The van der Waals surface area contributed by atoms with Crippen molar-refractivity contribution >= 4 is 34.1 Å². The number of hydrogen-bond donors (Lipinski definition) is 0. The molecule has 1 aromatic heterocycles. The Morgan fingerprint density at radius 1 is 0.357 bits per heavy atom. The molecule has 4 nitrogen and oxygen atoms in total. The van der Waals surface area contributed by atoms with E-state index in [2.05, 4.69) is 256 Å². The molecule has 9 aromatic carbocycles. The molecular weight excluding hydrogens is 849 g/mol. The first-order valence-corrected chi connectivity index (χ1v) is 24.1. The van der Waals surface area contributed by atoms with Gasteiger partial charge in [-0.2, -0.15) is 5.26 Å². The minimum Gasteiger partial charge on any atom is -0.309 e. The van der Waals surface area contributed by atoms with Crippen LogP contribution < -0.4 is 9.80 Å². The molecule has 0 radical (unpaired) electrons. The smallest absolute Gasteiger partial charge is 0.0991 e. The zero-order valence-electron chi connectivity index (χ0n) is 39.7. The van der Waals surface area contributed by atoms with E-state index in [0.29, 0.717) is 5.56 Å².